The smallest absolute Gasteiger partial charge is 0.203 e. The predicted octanol–water partition coefficient (Wildman–Crippen LogP) is 3.49. The molecule has 0 aliphatic carbocycles. The second kappa shape index (κ2) is 7.09. The molecule has 0 atom stereocenters. The summed E-state index contributed by atoms with van der Waals surface area (Å²) in [6.45, 7) is 0. The first kappa shape index (κ1) is 15.3. The molecule has 0 aliphatic heterocycles. The van der Waals surface area contributed by atoms with Crippen LogP contribution in [0.2, 0.25) is 0 Å². The van der Waals surface area contributed by atoms with Gasteiger partial charge in [0.15, 0.2) is 0 Å². The van der Waals surface area contributed by atoms with Crippen LogP contribution in [0, 0.1) is 11.3 Å². The van der Waals surface area contributed by atoms with Gasteiger partial charge in [0.1, 0.15) is 23.1 Å². The molecule has 2 rings (SSSR count). The zero-order valence-corrected chi connectivity index (χ0v) is 12.4. The van der Waals surface area contributed by atoms with E-state index in [-0.39, 0.29) is 11.4 Å². The lowest BCUT2D eigenvalue weighted by atomic mass is 10.0. The molecule has 22 heavy (non-hydrogen) atoms. The molecule has 0 spiro atoms. The maximum atomic E-state index is 12.4. The highest BCUT2D eigenvalue weighted by atomic mass is 16.5. The van der Waals surface area contributed by atoms with Gasteiger partial charge in [0.05, 0.1) is 14.2 Å². The van der Waals surface area contributed by atoms with Crippen molar-refractivity contribution in [1.82, 2.24) is 0 Å². The number of nitrogens with zero attached hydrogens (tertiary/aromatic N) is 1. The summed E-state index contributed by atoms with van der Waals surface area (Å²) in [5.41, 5.74) is 1.24. The van der Waals surface area contributed by atoms with Crippen molar-refractivity contribution in [2.24, 2.45) is 0 Å². The Kier molecular flexibility index (Phi) is 4.94. The van der Waals surface area contributed by atoms with Gasteiger partial charge in [-0.2, -0.15) is 5.26 Å². The van der Waals surface area contributed by atoms with E-state index >= 15 is 0 Å². The molecule has 0 bridgehead atoms. The number of carbonyl (C=O) groups excluding carboxylic acids is 1. The van der Waals surface area contributed by atoms with Crippen LogP contribution >= 0.6 is 0 Å². The van der Waals surface area contributed by atoms with Gasteiger partial charge in [-0.1, -0.05) is 24.3 Å². The molecular weight excluding hydrogens is 278 g/mol. The lowest BCUT2D eigenvalue weighted by molar-refractivity contribution is 0.103. The molecular formula is C18H15NO3. The molecule has 0 amide bonds. The number of benzene rings is 2. The van der Waals surface area contributed by atoms with E-state index in [1.165, 1.54) is 7.11 Å². The molecule has 2 aromatic carbocycles. The van der Waals surface area contributed by atoms with Crippen molar-refractivity contribution in [3.8, 4) is 17.6 Å². The van der Waals surface area contributed by atoms with Crippen LogP contribution in [0.1, 0.15) is 15.9 Å². The first-order chi connectivity index (χ1) is 10.7. The molecule has 0 saturated heterocycles. The summed E-state index contributed by atoms with van der Waals surface area (Å²) in [5.74, 6) is 0.958. The first-order valence-corrected chi connectivity index (χ1v) is 6.62. The van der Waals surface area contributed by atoms with E-state index in [4.69, 9.17) is 9.47 Å². The first-order valence-electron chi connectivity index (χ1n) is 6.62. The van der Waals surface area contributed by atoms with Crippen molar-refractivity contribution >= 4 is 11.9 Å². The van der Waals surface area contributed by atoms with Gasteiger partial charge in [-0.25, -0.2) is 0 Å². The topological polar surface area (TPSA) is 59.3 Å². The Bertz CT molecular complexity index is 740. The summed E-state index contributed by atoms with van der Waals surface area (Å²) in [6.07, 6.45) is 1.56. The van der Waals surface area contributed by atoms with Gasteiger partial charge in [0, 0.05) is 5.56 Å². The van der Waals surface area contributed by atoms with E-state index in [2.05, 4.69) is 0 Å². The van der Waals surface area contributed by atoms with Crippen LogP contribution in [0.25, 0.3) is 6.08 Å². The third kappa shape index (κ3) is 3.53. The number of ketones is 1. The van der Waals surface area contributed by atoms with Gasteiger partial charge in [0.25, 0.3) is 0 Å². The van der Waals surface area contributed by atoms with E-state index < -0.39 is 0 Å². The predicted molar refractivity (Wildman–Crippen MR) is 83.9 cm³/mol. The van der Waals surface area contributed by atoms with Gasteiger partial charge < -0.3 is 9.47 Å². The van der Waals surface area contributed by atoms with Crippen LogP contribution in [0.5, 0.6) is 11.5 Å². The summed E-state index contributed by atoms with van der Waals surface area (Å²) in [7, 11) is 3.11. The number of carbonyl (C=O) groups is 1. The number of methoxy groups -OCH3 is 2. The van der Waals surface area contributed by atoms with Crippen LogP contribution in [0.4, 0.5) is 0 Å². The van der Waals surface area contributed by atoms with Crippen LogP contribution in [-0.4, -0.2) is 20.0 Å². The van der Waals surface area contributed by atoms with Crippen molar-refractivity contribution in [3.05, 3.63) is 65.2 Å². The Balaban J connectivity index is 2.31. The van der Waals surface area contributed by atoms with Crippen molar-refractivity contribution in [2.75, 3.05) is 14.2 Å². The Morgan fingerprint density at radius 2 is 1.73 bits per heavy atom. The third-order valence-electron chi connectivity index (χ3n) is 3.12. The molecule has 2 aromatic rings. The van der Waals surface area contributed by atoms with Gasteiger partial charge in [-0.05, 0) is 35.9 Å². The molecule has 0 fully saturated rings. The normalized spacial score (nSPS) is 10.7. The summed E-state index contributed by atoms with van der Waals surface area (Å²) < 4.78 is 10.2. The maximum Gasteiger partial charge on any atom is 0.203 e. The van der Waals surface area contributed by atoms with Crippen molar-refractivity contribution in [3.63, 3.8) is 0 Å². The Morgan fingerprint density at radius 1 is 1.05 bits per heavy atom. The minimum atomic E-state index is -0.336. The average molecular weight is 293 g/mol. The number of rotatable bonds is 5. The van der Waals surface area contributed by atoms with Crippen molar-refractivity contribution < 1.29 is 14.3 Å². The zero-order chi connectivity index (χ0) is 15.9. The Labute approximate surface area is 129 Å². The van der Waals surface area contributed by atoms with Crippen LogP contribution < -0.4 is 9.47 Å². The molecule has 0 aliphatic rings. The molecule has 0 saturated carbocycles. The number of allylic oxidation sites excluding steroid dienone is 1. The largest absolute Gasteiger partial charge is 0.497 e. The SMILES string of the molecule is COc1ccc(/C=C(\C#N)C(=O)c2cccc(OC)c2)cc1. The molecule has 0 aromatic heterocycles. The second-order valence-electron chi connectivity index (χ2n) is 4.50. The van der Waals surface area contributed by atoms with E-state index in [9.17, 15) is 10.1 Å². The van der Waals surface area contributed by atoms with E-state index in [1.807, 2.05) is 6.07 Å². The highest BCUT2D eigenvalue weighted by Crippen LogP contribution is 2.18. The van der Waals surface area contributed by atoms with Crippen LogP contribution in [-0.2, 0) is 0 Å². The fourth-order valence-electron chi connectivity index (χ4n) is 1.94. The second-order valence-corrected chi connectivity index (χ2v) is 4.50. The number of ether oxygens (including phenoxy) is 2. The van der Waals surface area contributed by atoms with E-state index in [0.29, 0.717) is 11.3 Å². The van der Waals surface area contributed by atoms with Crippen LogP contribution in [0.15, 0.2) is 54.1 Å². The molecule has 0 radical (unpaired) electrons. The van der Waals surface area contributed by atoms with Crippen molar-refractivity contribution in [1.29, 1.82) is 5.26 Å². The molecule has 4 heteroatoms. The lowest BCUT2D eigenvalue weighted by Gasteiger charge is -2.04. The maximum absolute atomic E-state index is 12.4. The highest BCUT2D eigenvalue weighted by molar-refractivity contribution is 6.14. The number of hydrogen-bond acceptors (Lipinski definition) is 4. The summed E-state index contributed by atoms with van der Waals surface area (Å²) in [6, 6.07) is 15.8. The van der Waals surface area contributed by atoms with Gasteiger partial charge in [-0.15, -0.1) is 0 Å². The fourth-order valence-corrected chi connectivity index (χ4v) is 1.94. The third-order valence-corrected chi connectivity index (χ3v) is 3.12. The summed E-state index contributed by atoms with van der Waals surface area (Å²) in [5, 5.41) is 9.25. The lowest BCUT2D eigenvalue weighted by Crippen LogP contribution is -2.02. The molecule has 4 nitrogen and oxygen atoms in total. The quantitative estimate of drug-likeness (QED) is 0.481. The van der Waals surface area contributed by atoms with Gasteiger partial charge in [0.2, 0.25) is 5.78 Å². The minimum absolute atomic E-state index is 0.0680. The molecule has 110 valence electrons. The van der Waals surface area contributed by atoms with Gasteiger partial charge in [-0.3, -0.25) is 4.79 Å². The Morgan fingerprint density at radius 3 is 2.32 bits per heavy atom. The molecule has 0 N–H and O–H groups in total. The van der Waals surface area contributed by atoms with Gasteiger partial charge >= 0.3 is 0 Å². The highest BCUT2D eigenvalue weighted by Gasteiger charge is 2.12. The molecule has 0 heterocycles. The summed E-state index contributed by atoms with van der Waals surface area (Å²) in [4.78, 5) is 12.4. The minimum Gasteiger partial charge on any atom is -0.497 e. The van der Waals surface area contributed by atoms with Crippen molar-refractivity contribution in [2.45, 2.75) is 0 Å². The van der Waals surface area contributed by atoms with Crippen LogP contribution in [0.3, 0.4) is 0 Å². The zero-order valence-electron chi connectivity index (χ0n) is 12.4. The summed E-state index contributed by atoms with van der Waals surface area (Å²) >= 11 is 0. The fraction of sp³-hybridized carbons (Fsp3) is 0.111. The monoisotopic (exact) mass is 293 g/mol. The number of Topliss-reactive ketones (excluding diaryl/α,β-unsaturated/α-hetero) is 1. The van der Waals surface area contributed by atoms with E-state index in [0.717, 1.165) is 11.3 Å². The number of hydrogen-bond donors (Lipinski definition) is 0. The molecule has 0 unspecified atom stereocenters. The number of nitriles is 1. The van der Waals surface area contributed by atoms with E-state index in [1.54, 1.807) is 61.7 Å². The standard InChI is InChI=1S/C18H15NO3/c1-21-16-8-6-13(7-9-16)10-15(12-19)18(20)14-4-3-5-17(11-14)22-2/h3-11H,1-2H3/b15-10+. The Hall–Kier alpha value is -3.06. The average Bonchev–Trinajstić information content (AvgIpc) is 2.59.